The molecule has 1 fully saturated rings. The molecule has 0 saturated heterocycles. The second-order valence-corrected chi connectivity index (χ2v) is 6.67. The van der Waals surface area contributed by atoms with Gasteiger partial charge >= 0.3 is 0 Å². The summed E-state index contributed by atoms with van der Waals surface area (Å²) in [5.74, 6) is 1.89. The molecule has 2 N–H and O–H groups in total. The van der Waals surface area contributed by atoms with Crippen LogP contribution >= 0.6 is 0 Å². The number of ether oxygens (including phenoxy) is 3. The van der Waals surface area contributed by atoms with Crippen LogP contribution in [0.2, 0.25) is 0 Å². The third-order valence-electron chi connectivity index (χ3n) is 4.82. The molecule has 138 valence electrons. The minimum atomic E-state index is -0.190. The van der Waals surface area contributed by atoms with Crippen LogP contribution in [0.15, 0.2) is 23.3 Å². The van der Waals surface area contributed by atoms with E-state index in [9.17, 15) is 9.59 Å². The monoisotopic (exact) mass is 359 g/mol. The van der Waals surface area contributed by atoms with Crippen molar-refractivity contribution in [2.24, 2.45) is 5.10 Å². The molecule has 3 aliphatic rings. The van der Waals surface area contributed by atoms with E-state index in [2.05, 4.69) is 15.8 Å². The Morgan fingerprint density at radius 1 is 1.15 bits per heavy atom. The smallest absolute Gasteiger partial charge is 0.267 e. The van der Waals surface area contributed by atoms with Gasteiger partial charge in [0.05, 0.1) is 6.10 Å². The maximum atomic E-state index is 12.2. The van der Waals surface area contributed by atoms with Crippen LogP contribution in [-0.2, 0) is 9.59 Å². The lowest BCUT2D eigenvalue weighted by molar-refractivity contribution is -0.121. The van der Waals surface area contributed by atoms with Crippen molar-refractivity contribution in [1.82, 2.24) is 10.7 Å². The lowest BCUT2D eigenvalue weighted by Crippen LogP contribution is -2.44. The predicted molar refractivity (Wildman–Crippen MR) is 92.2 cm³/mol. The van der Waals surface area contributed by atoms with Crippen LogP contribution < -0.4 is 25.0 Å². The lowest BCUT2D eigenvalue weighted by atomic mass is 9.92. The first-order valence-electron chi connectivity index (χ1n) is 8.90. The summed E-state index contributed by atoms with van der Waals surface area (Å²) in [7, 11) is 0. The van der Waals surface area contributed by atoms with Gasteiger partial charge in [0.2, 0.25) is 12.7 Å². The summed E-state index contributed by atoms with van der Waals surface area (Å²) in [5, 5.41) is 6.84. The van der Waals surface area contributed by atoms with Crippen LogP contribution in [0.25, 0.3) is 0 Å². The molecule has 2 amide bonds. The molecule has 26 heavy (non-hydrogen) atoms. The quantitative estimate of drug-likeness (QED) is 0.849. The van der Waals surface area contributed by atoms with Gasteiger partial charge in [-0.25, -0.2) is 5.43 Å². The number of benzene rings is 1. The number of nitrogens with zero attached hydrogens (tertiary/aromatic N) is 1. The van der Waals surface area contributed by atoms with E-state index in [0.717, 1.165) is 37.2 Å². The first-order chi connectivity index (χ1) is 12.7. The van der Waals surface area contributed by atoms with Crippen molar-refractivity contribution in [2.75, 3.05) is 6.79 Å². The molecular weight excluding hydrogens is 338 g/mol. The van der Waals surface area contributed by atoms with Crippen molar-refractivity contribution in [3.63, 3.8) is 0 Å². The molecule has 0 unspecified atom stereocenters. The first-order valence-corrected chi connectivity index (χ1v) is 8.90. The van der Waals surface area contributed by atoms with Crippen molar-refractivity contribution in [1.29, 1.82) is 0 Å². The minimum absolute atomic E-state index is 0.111. The molecule has 2 aliphatic heterocycles. The minimum Gasteiger partial charge on any atom is -0.490 e. The average Bonchev–Trinajstić information content (AvgIpc) is 3.12. The Labute approximate surface area is 150 Å². The standard InChI is InChI=1S/C18H21N3O5/c22-17-8-6-14(20-21-17)18(23)19-11-1-3-12(4-2-11)26-13-5-7-15-16(9-13)25-10-24-15/h5,7,9,11-12H,1-4,6,8,10H2,(H,19,23)(H,21,22). The zero-order valence-corrected chi connectivity index (χ0v) is 14.3. The van der Waals surface area contributed by atoms with Crippen LogP contribution in [0, 0.1) is 0 Å². The SMILES string of the molecule is O=C1CCC(C(=O)NC2CCC(Oc3ccc4c(c3)OCO4)CC2)=NN1. The molecule has 0 bridgehead atoms. The molecule has 1 aromatic carbocycles. The fraction of sp³-hybridized carbons (Fsp3) is 0.500. The third kappa shape index (κ3) is 3.74. The lowest BCUT2D eigenvalue weighted by Gasteiger charge is -2.29. The highest BCUT2D eigenvalue weighted by Gasteiger charge is 2.26. The molecular formula is C18H21N3O5. The van der Waals surface area contributed by atoms with Crippen molar-refractivity contribution in [2.45, 2.75) is 50.7 Å². The molecule has 1 aliphatic carbocycles. The number of nitrogens with one attached hydrogen (secondary N) is 2. The molecule has 1 aromatic rings. The topological polar surface area (TPSA) is 98.3 Å². The molecule has 4 rings (SSSR count). The number of carbonyl (C=O) groups is 2. The van der Waals surface area contributed by atoms with Crippen molar-refractivity contribution < 1.29 is 23.8 Å². The van der Waals surface area contributed by atoms with Gasteiger partial charge in [-0.1, -0.05) is 0 Å². The van der Waals surface area contributed by atoms with E-state index in [0.29, 0.717) is 24.3 Å². The van der Waals surface area contributed by atoms with Gasteiger partial charge in [0, 0.05) is 24.9 Å². The Balaban J connectivity index is 1.25. The van der Waals surface area contributed by atoms with E-state index in [1.807, 2.05) is 18.2 Å². The predicted octanol–water partition coefficient (Wildman–Crippen LogP) is 1.49. The highest BCUT2D eigenvalue weighted by molar-refractivity contribution is 6.39. The van der Waals surface area contributed by atoms with E-state index >= 15 is 0 Å². The number of hydrogen-bond acceptors (Lipinski definition) is 6. The molecule has 0 spiro atoms. The van der Waals surface area contributed by atoms with E-state index in [4.69, 9.17) is 14.2 Å². The number of fused-ring (bicyclic) bond motifs is 1. The van der Waals surface area contributed by atoms with Gasteiger partial charge in [-0.2, -0.15) is 5.10 Å². The fourth-order valence-electron chi connectivity index (χ4n) is 3.37. The van der Waals surface area contributed by atoms with E-state index < -0.39 is 0 Å². The van der Waals surface area contributed by atoms with Gasteiger partial charge in [-0.3, -0.25) is 9.59 Å². The summed E-state index contributed by atoms with van der Waals surface area (Å²) in [4.78, 5) is 23.3. The molecule has 0 aromatic heterocycles. The van der Waals surface area contributed by atoms with E-state index in [-0.39, 0.29) is 30.8 Å². The largest absolute Gasteiger partial charge is 0.490 e. The number of rotatable bonds is 4. The molecule has 0 atom stereocenters. The van der Waals surface area contributed by atoms with Crippen LogP contribution in [-0.4, -0.2) is 36.5 Å². The summed E-state index contributed by atoms with van der Waals surface area (Å²) < 4.78 is 16.7. The Bertz CT molecular complexity index is 740. The van der Waals surface area contributed by atoms with Gasteiger partial charge in [0.1, 0.15) is 11.5 Å². The van der Waals surface area contributed by atoms with E-state index in [1.54, 1.807) is 0 Å². The Kier molecular flexibility index (Phi) is 4.64. The van der Waals surface area contributed by atoms with Gasteiger partial charge in [0.15, 0.2) is 11.5 Å². The van der Waals surface area contributed by atoms with E-state index in [1.165, 1.54) is 0 Å². The van der Waals surface area contributed by atoms with Crippen molar-refractivity contribution in [3.05, 3.63) is 18.2 Å². The Hall–Kier alpha value is -2.77. The van der Waals surface area contributed by atoms with Gasteiger partial charge in [-0.15, -0.1) is 0 Å². The van der Waals surface area contributed by atoms with Crippen LogP contribution in [0.3, 0.4) is 0 Å². The Morgan fingerprint density at radius 2 is 1.96 bits per heavy atom. The van der Waals surface area contributed by atoms with Crippen LogP contribution in [0.4, 0.5) is 0 Å². The molecule has 8 nitrogen and oxygen atoms in total. The third-order valence-corrected chi connectivity index (χ3v) is 4.82. The maximum Gasteiger partial charge on any atom is 0.267 e. The Morgan fingerprint density at radius 3 is 2.73 bits per heavy atom. The molecule has 8 heteroatoms. The second-order valence-electron chi connectivity index (χ2n) is 6.67. The molecule has 1 saturated carbocycles. The van der Waals surface area contributed by atoms with Gasteiger partial charge in [0.25, 0.3) is 5.91 Å². The summed E-state index contributed by atoms with van der Waals surface area (Å²) in [5.41, 5.74) is 2.74. The average molecular weight is 359 g/mol. The van der Waals surface area contributed by atoms with Gasteiger partial charge < -0.3 is 19.5 Å². The zero-order valence-electron chi connectivity index (χ0n) is 14.3. The number of amides is 2. The van der Waals surface area contributed by atoms with Crippen molar-refractivity contribution >= 4 is 17.5 Å². The zero-order chi connectivity index (χ0) is 17.9. The van der Waals surface area contributed by atoms with Crippen LogP contribution in [0.1, 0.15) is 38.5 Å². The highest BCUT2D eigenvalue weighted by Crippen LogP contribution is 2.36. The molecule has 0 radical (unpaired) electrons. The summed E-state index contributed by atoms with van der Waals surface area (Å²) in [6.07, 6.45) is 4.24. The number of hydrazone groups is 1. The van der Waals surface area contributed by atoms with Crippen molar-refractivity contribution in [3.8, 4) is 17.2 Å². The molecule has 2 heterocycles. The summed E-state index contributed by atoms with van der Waals surface area (Å²) in [6.45, 7) is 0.249. The highest BCUT2D eigenvalue weighted by atomic mass is 16.7. The fourth-order valence-corrected chi connectivity index (χ4v) is 3.37. The van der Waals surface area contributed by atoms with Gasteiger partial charge in [-0.05, 0) is 37.8 Å². The normalized spacial score (nSPS) is 24.5. The van der Waals surface area contributed by atoms with Crippen LogP contribution in [0.5, 0.6) is 17.2 Å². The summed E-state index contributed by atoms with van der Waals surface area (Å²) >= 11 is 0. The first kappa shape index (κ1) is 16.7. The maximum absolute atomic E-state index is 12.2. The number of carbonyl (C=O) groups excluding carboxylic acids is 2. The second kappa shape index (κ2) is 7.23. The summed E-state index contributed by atoms with van der Waals surface area (Å²) in [6, 6.07) is 5.70. The number of hydrogen-bond donors (Lipinski definition) is 2.